The Balaban J connectivity index is 2.19. The molecule has 2 aromatic rings. The summed E-state index contributed by atoms with van der Waals surface area (Å²) in [6, 6.07) is 4.03. The van der Waals surface area contributed by atoms with E-state index in [1.165, 1.54) is 17.3 Å². The first-order chi connectivity index (χ1) is 8.17. The van der Waals surface area contributed by atoms with Crippen LogP contribution in [0.4, 0.5) is 0 Å². The van der Waals surface area contributed by atoms with Crippen molar-refractivity contribution in [2.75, 3.05) is 0 Å². The fraction of sp³-hybridized carbons (Fsp3) is 0.250. The first-order valence-corrected chi connectivity index (χ1v) is 6.04. The second-order valence-corrected chi connectivity index (χ2v) is 4.75. The lowest BCUT2D eigenvalue weighted by molar-refractivity contribution is 0.280. The minimum atomic E-state index is -0.0350. The van der Waals surface area contributed by atoms with E-state index in [2.05, 4.69) is 15.0 Å². The molecule has 0 saturated heterocycles. The van der Waals surface area contributed by atoms with Gasteiger partial charge >= 0.3 is 0 Å². The quantitative estimate of drug-likeness (QED) is 0.842. The molecule has 0 amide bonds. The molecule has 0 radical (unpaired) electrons. The van der Waals surface area contributed by atoms with Crippen molar-refractivity contribution in [2.24, 2.45) is 0 Å². The Morgan fingerprint density at radius 2 is 1.88 bits per heavy atom. The molecule has 88 valence electrons. The first kappa shape index (κ1) is 12.0. The summed E-state index contributed by atoms with van der Waals surface area (Å²) in [4.78, 5) is 12.7. The number of pyridine rings is 1. The van der Waals surface area contributed by atoms with Crippen LogP contribution in [0.3, 0.4) is 0 Å². The zero-order valence-electron chi connectivity index (χ0n) is 9.71. The summed E-state index contributed by atoms with van der Waals surface area (Å²) < 4.78 is 0. The third-order valence-electron chi connectivity index (χ3n) is 2.13. The van der Waals surface area contributed by atoms with E-state index < -0.39 is 0 Å². The molecule has 5 heteroatoms. The molecule has 2 rings (SSSR count). The smallest absolute Gasteiger partial charge is 0.193 e. The third-order valence-corrected chi connectivity index (χ3v) is 2.95. The van der Waals surface area contributed by atoms with Gasteiger partial charge < -0.3 is 5.11 Å². The fourth-order valence-corrected chi connectivity index (χ4v) is 2.26. The minimum absolute atomic E-state index is 0.0350. The second kappa shape index (κ2) is 5.25. The molecular formula is C12H13N3OS. The largest absolute Gasteiger partial charge is 0.392 e. The summed E-state index contributed by atoms with van der Waals surface area (Å²) in [5, 5.41) is 10.4. The number of aryl methyl sites for hydroxylation is 2. The maximum Gasteiger partial charge on any atom is 0.193 e. The maximum atomic E-state index is 8.89. The van der Waals surface area contributed by atoms with E-state index in [0.29, 0.717) is 10.7 Å². The number of aliphatic hydroxyl groups is 1. The summed E-state index contributed by atoms with van der Waals surface area (Å²) >= 11 is 1.42. The van der Waals surface area contributed by atoms with Gasteiger partial charge in [0.15, 0.2) is 5.16 Å². The molecule has 1 N–H and O–H groups in total. The normalized spacial score (nSPS) is 10.5. The highest BCUT2D eigenvalue weighted by Gasteiger charge is 2.03. The van der Waals surface area contributed by atoms with Crippen molar-refractivity contribution >= 4 is 11.8 Å². The Morgan fingerprint density at radius 1 is 1.18 bits per heavy atom. The molecule has 2 aromatic heterocycles. The molecule has 0 atom stereocenters. The van der Waals surface area contributed by atoms with Crippen molar-refractivity contribution in [1.29, 1.82) is 0 Å². The van der Waals surface area contributed by atoms with Crippen molar-refractivity contribution in [2.45, 2.75) is 30.6 Å². The van der Waals surface area contributed by atoms with Crippen LogP contribution in [0.1, 0.15) is 16.8 Å². The zero-order valence-corrected chi connectivity index (χ0v) is 10.5. The number of aliphatic hydroxyl groups excluding tert-OH is 1. The van der Waals surface area contributed by atoms with E-state index in [0.717, 1.165) is 10.7 Å². The predicted octanol–water partition coefficient (Wildman–Crippen LogP) is 2.13. The molecule has 2 heterocycles. The van der Waals surface area contributed by atoms with Crippen molar-refractivity contribution in [3.05, 3.63) is 41.3 Å². The van der Waals surface area contributed by atoms with Gasteiger partial charge in [0.25, 0.3) is 0 Å². The molecule has 0 saturated carbocycles. The summed E-state index contributed by atoms with van der Waals surface area (Å²) in [6.45, 7) is 3.97. The maximum absolute atomic E-state index is 8.89. The van der Waals surface area contributed by atoms with Gasteiger partial charge in [-0.05, 0) is 43.3 Å². The molecule has 0 aliphatic rings. The average Bonchev–Trinajstić information content (AvgIpc) is 2.28. The molecule has 0 unspecified atom stereocenters. The fourth-order valence-electron chi connectivity index (χ4n) is 1.43. The Bertz CT molecular complexity index is 493. The highest BCUT2D eigenvalue weighted by molar-refractivity contribution is 7.99. The van der Waals surface area contributed by atoms with Gasteiger partial charge in [0, 0.05) is 23.7 Å². The number of hydrogen-bond acceptors (Lipinski definition) is 5. The minimum Gasteiger partial charge on any atom is -0.392 e. The second-order valence-electron chi connectivity index (χ2n) is 3.76. The van der Waals surface area contributed by atoms with E-state index in [9.17, 15) is 0 Å². The lowest BCUT2D eigenvalue weighted by Crippen LogP contribution is -1.92. The van der Waals surface area contributed by atoms with Crippen LogP contribution in [0.15, 0.2) is 34.7 Å². The van der Waals surface area contributed by atoms with Crippen LogP contribution in [0, 0.1) is 13.8 Å². The van der Waals surface area contributed by atoms with Gasteiger partial charge in [-0.3, -0.25) is 0 Å². The van der Waals surface area contributed by atoms with Crippen LogP contribution in [-0.4, -0.2) is 20.1 Å². The zero-order chi connectivity index (χ0) is 12.3. The van der Waals surface area contributed by atoms with Crippen LogP contribution >= 0.6 is 11.8 Å². The van der Waals surface area contributed by atoms with Crippen molar-refractivity contribution < 1.29 is 5.11 Å². The lowest BCUT2D eigenvalue weighted by Gasteiger charge is -2.03. The van der Waals surface area contributed by atoms with Crippen LogP contribution in [0.2, 0.25) is 0 Å². The monoisotopic (exact) mass is 247 g/mol. The number of rotatable bonds is 3. The van der Waals surface area contributed by atoms with Crippen LogP contribution in [0.25, 0.3) is 0 Å². The molecule has 4 nitrogen and oxygen atoms in total. The summed E-state index contributed by atoms with van der Waals surface area (Å²) in [5.74, 6) is 0. The van der Waals surface area contributed by atoms with Crippen molar-refractivity contribution in [1.82, 2.24) is 15.0 Å². The summed E-state index contributed by atoms with van der Waals surface area (Å²) in [6.07, 6.45) is 3.25. The van der Waals surface area contributed by atoms with Gasteiger partial charge in [-0.2, -0.15) is 0 Å². The highest BCUT2D eigenvalue weighted by Crippen LogP contribution is 2.23. The molecule has 0 aromatic carbocycles. The SMILES string of the molecule is Cc1cc(C)nc(Sc2ncc(CO)cn2)c1. The number of hydrogen-bond donors (Lipinski definition) is 1. The molecule has 0 spiro atoms. The van der Waals surface area contributed by atoms with Crippen LogP contribution < -0.4 is 0 Å². The summed E-state index contributed by atoms with van der Waals surface area (Å²) in [5.41, 5.74) is 2.87. The van der Waals surface area contributed by atoms with E-state index in [4.69, 9.17) is 5.11 Å². The van der Waals surface area contributed by atoms with Crippen molar-refractivity contribution in [3.63, 3.8) is 0 Å². The van der Waals surface area contributed by atoms with E-state index >= 15 is 0 Å². The molecule has 17 heavy (non-hydrogen) atoms. The molecule has 0 bridgehead atoms. The van der Waals surface area contributed by atoms with Gasteiger partial charge in [-0.1, -0.05) is 0 Å². The van der Waals surface area contributed by atoms with Crippen molar-refractivity contribution in [3.8, 4) is 0 Å². The molecule has 0 fully saturated rings. The topological polar surface area (TPSA) is 58.9 Å². The van der Waals surface area contributed by atoms with Gasteiger partial charge in [0.05, 0.1) is 6.61 Å². The standard InChI is InChI=1S/C12H13N3OS/c1-8-3-9(2)15-11(4-8)17-12-13-5-10(7-16)6-14-12/h3-6,16H,7H2,1-2H3. The highest BCUT2D eigenvalue weighted by atomic mass is 32.2. The average molecular weight is 247 g/mol. The lowest BCUT2D eigenvalue weighted by atomic mass is 10.3. The van der Waals surface area contributed by atoms with E-state index in [1.54, 1.807) is 12.4 Å². The van der Waals surface area contributed by atoms with E-state index in [1.807, 2.05) is 26.0 Å². The van der Waals surface area contributed by atoms with Gasteiger partial charge in [-0.25, -0.2) is 15.0 Å². The van der Waals surface area contributed by atoms with Crippen LogP contribution in [-0.2, 0) is 6.61 Å². The number of aromatic nitrogens is 3. The van der Waals surface area contributed by atoms with Crippen LogP contribution in [0.5, 0.6) is 0 Å². The molecular weight excluding hydrogens is 234 g/mol. The van der Waals surface area contributed by atoms with Gasteiger partial charge in [-0.15, -0.1) is 0 Å². The van der Waals surface area contributed by atoms with Gasteiger partial charge in [0.2, 0.25) is 0 Å². The molecule has 0 aliphatic heterocycles. The number of nitrogens with zero attached hydrogens (tertiary/aromatic N) is 3. The Labute approximate surface area is 104 Å². The Hall–Kier alpha value is -1.46. The molecule has 0 aliphatic carbocycles. The Morgan fingerprint density at radius 3 is 2.47 bits per heavy atom. The van der Waals surface area contributed by atoms with E-state index in [-0.39, 0.29) is 6.61 Å². The third kappa shape index (κ3) is 3.25. The van der Waals surface area contributed by atoms with Gasteiger partial charge in [0.1, 0.15) is 5.03 Å². The summed E-state index contributed by atoms with van der Waals surface area (Å²) in [7, 11) is 0. The Kier molecular flexibility index (Phi) is 3.71. The predicted molar refractivity (Wildman–Crippen MR) is 65.8 cm³/mol. The first-order valence-electron chi connectivity index (χ1n) is 5.22.